The average Bonchev–Trinajstić information content (AvgIpc) is 2.51. The van der Waals surface area contributed by atoms with Crippen LogP contribution < -0.4 is 10.6 Å². The Kier molecular flexibility index (Phi) is 6.26. The van der Waals surface area contributed by atoms with Crippen molar-refractivity contribution < 1.29 is 18.4 Å². The Bertz CT molecular complexity index is 615. The molecule has 0 aliphatic heterocycles. The Morgan fingerprint density at radius 1 is 1.13 bits per heavy atom. The number of allylic oxidation sites excluding steroid dienone is 1. The Morgan fingerprint density at radius 3 is 2.65 bits per heavy atom. The van der Waals surface area contributed by atoms with Crippen LogP contribution in [0.2, 0.25) is 0 Å². The second-order valence-corrected chi connectivity index (χ2v) is 5.56. The van der Waals surface area contributed by atoms with Crippen LogP contribution in [0, 0.1) is 11.6 Å². The van der Waals surface area contributed by atoms with Crippen LogP contribution in [0.1, 0.15) is 38.5 Å². The van der Waals surface area contributed by atoms with Gasteiger partial charge in [-0.1, -0.05) is 11.6 Å². The molecule has 2 amide bonds. The molecule has 0 atom stereocenters. The fourth-order valence-corrected chi connectivity index (χ4v) is 2.49. The van der Waals surface area contributed by atoms with Crippen LogP contribution in [0.15, 0.2) is 29.8 Å². The normalized spacial score (nSPS) is 14.1. The van der Waals surface area contributed by atoms with Gasteiger partial charge in [-0.05, 0) is 44.2 Å². The van der Waals surface area contributed by atoms with E-state index in [0.29, 0.717) is 12.6 Å². The van der Waals surface area contributed by atoms with Crippen molar-refractivity contribution in [1.82, 2.24) is 5.32 Å². The van der Waals surface area contributed by atoms with E-state index >= 15 is 0 Å². The second kappa shape index (κ2) is 8.41. The van der Waals surface area contributed by atoms with E-state index in [9.17, 15) is 18.4 Å². The van der Waals surface area contributed by atoms with E-state index in [1.54, 1.807) is 0 Å². The number of anilines is 1. The Balaban J connectivity index is 1.71. The largest absolute Gasteiger partial charge is 0.355 e. The summed E-state index contributed by atoms with van der Waals surface area (Å²) in [5.74, 6) is -2.65. The topological polar surface area (TPSA) is 58.2 Å². The van der Waals surface area contributed by atoms with Crippen molar-refractivity contribution in [3.05, 3.63) is 41.5 Å². The molecular weight excluding hydrogens is 302 g/mol. The molecule has 2 rings (SSSR count). The molecule has 1 aromatic rings. The molecule has 0 bridgehead atoms. The van der Waals surface area contributed by atoms with Gasteiger partial charge < -0.3 is 10.6 Å². The van der Waals surface area contributed by atoms with Gasteiger partial charge in [0.25, 0.3) is 0 Å². The molecule has 4 nitrogen and oxygen atoms in total. The average molecular weight is 322 g/mol. The van der Waals surface area contributed by atoms with Crippen LogP contribution in [0.3, 0.4) is 0 Å². The van der Waals surface area contributed by atoms with E-state index in [1.807, 2.05) is 0 Å². The predicted octanol–water partition coefficient (Wildman–Crippen LogP) is 3.30. The first-order valence-corrected chi connectivity index (χ1v) is 7.74. The highest BCUT2D eigenvalue weighted by atomic mass is 19.1. The minimum absolute atomic E-state index is 0.142. The molecule has 124 valence electrons. The second-order valence-electron chi connectivity index (χ2n) is 5.56. The summed E-state index contributed by atoms with van der Waals surface area (Å²) >= 11 is 0. The van der Waals surface area contributed by atoms with Crippen LogP contribution >= 0.6 is 0 Å². The Labute approximate surface area is 134 Å². The number of halogens is 2. The number of carbonyl (C=O) groups is 2. The van der Waals surface area contributed by atoms with Crippen molar-refractivity contribution in [1.29, 1.82) is 0 Å². The molecule has 23 heavy (non-hydrogen) atoms. The minimum atomic E-state index is -0.872. The number of hydrogen-bond acceptors (Lipinski definition) is 2. The zero-order valence-corrected chi connectivity index (χ0v) is 12.8. The molecular formula is C17H20F2N2O2. The summed E-state index contributed by atoms with van der Waals surface area (Å²) in [5, 5.41) is 4.93. The lowest BCUT2D eigenvalue weighted by molar-refractivity contribution is -0.126. The maximum absolute atomic E-state index is 13.4. The summed E-state index contributed by atoms with van der Waals surface area (Å²) in [4.78, 5) is 23.4. The van der Waals surface area contributed by atoms with Crippen molar-refractivity contribution in [3.8, 4) is 0 Å². The van der Waals surface area contributed by atoms with Crippen LogP contribution in [-0.4, -0.2) is 18.4 Å². The molecule has 6 heteroatoms. The van der Waals surface area contributed by atoms with E-state index in [1.165, 1.54) is 18.4 Å². The van der Waals surface area contributed by atoms with E-state index in [2.05, 4.69) is 16.7 Å². The van der Waals surface area contributed by atoms with E-state index < -0.39 is 29.9 Å². The number of rotatable bonds is 6. The maximum atomic E-state index is 13.4. The summed E-state index contributed by atoms with van der Waals surface area (Å²) in [6, 6.07) is 2.83. The van der Waals surface area contributed by atoms with Crippen LogP contribution in [-0.2, 0) is 9.59 Å². The molecule has 0 radical (unpaired) electrons. The van der Waals surface area contributed by atoms with E-state index in [-0.39, 0.29) is 5.69 Å². The summed E-state index contributed by atoms with van der Waals surface area (Å²) in [6.45, 7) is 0.489. The first kappa shape index (κ1) is 17.1. The highest BCUT2D eigenvalue weighted by Gasteiger charge is 2.12. The highest BCUT2D eigenvalue weighted by molar-refractivity contribution is 6.03. The Hall–Kier alpha value is -2.24. The fourth-order valence-electron chi connectivity index (χ4n) is 2.49. The van der Waals surface area contributed by atoms with Gasteiger partial charge in [-0.25, -0.2) is 8.78 Å². The van der Waals surface area contributed by atoms with Gasteiger partial charge in [0, 0.05) is 12.6 Å². The molecule has 0 spiro atoms. The van der Waals surface area contributed by atoms with Crippen molar-refractivity contribution in [2.45, 2.75) is 38.5 Å². The van der Waals surface area contributed by atoms with E-state index in [4.69, 9.17) is 0 Å². The molecule has 0 saturated heterocycles. The van der Waals surface area contributed by atoms with Gasteiger partial charge in [0.2, 0.25) is 11.8 Å². The third-order valence-electron chi connectivity index (χ3n) is 3.68. The van der Waals surface area contributed by atoms with Gasteiger partial charge >= 0.3 is 0 Å². The van der Waals surface area contributed by atoms with Crippen molar-refractivity contribution in [3.63, 3.8) is 0 Å². The van der Waals surface area contributed by atoms with Crippen molar-refractivity contribution >= 4 is 17.5 Å². The lowest BCUT2D eigenvalue weighted by Gasteiger charge is -2.13. The third kappa shape index (κ3) is 5.81. The van der Waals surface area contributed by atoms with Crippen LogP contribution in [0.25, 0.3) is 0 Å². The number of hydrogen-bond donors (Lipinski definition) is 2. The molecule has 1 aromatic carbocycles. The van der Waals surface area contributed by atoms with Gasteiger partial charge in [0.15, 0.2) is 0 Å². The summed E-state index contributed by atoms with van der Waals surface area (Å²) in [6.07, 6.45) is 7.17. The highest BCUT2D eigenvalue weighted by Crippen LogP contribution is 2.19. The number of nitrogens with one attached hydrogen (secondary N) is 2. The molecule has 2 N–H and O–H groups in total. The standard InChI is InChI=1S/C17H20F2N2O2/c18-13-6-7-15(14(19)10-13)21-17(23)11-16(22)20-9-8-12-4-2-1-3-5-12/h4,6-7,10H,1-3,5,8-9,11H2,(H,20,22)(H,21,23). The molecule has 1 aliphatic carbocycles. The third-order valence-corrected chi connectivity index (χ3v) is 3.68. The van der Waals surface area contributed by atoms with Gasteiger partial charge in [0.05, 0.1) is 5.69 Å². The zero-order chi connectivity index (χ0) is 16.7. The maximum Gasteiger partial charge on any atom is 0.233 e. The van der Waals surface area contributed by atoms with Crippen molar-refractivity contribution in [2.75, 3.05) is 11.9 Å². The van der Waals surface area contributed by atoms with Crippen LogP contribution in [0.4, 0.5) is 14.5 Å². The monoisotopic (exact) mass is 322 g/mol. The summed E-state index contributed by atoms with van der Waals surface area (Å²) in [5.41, 5.74) is 1.20. The Morgan fingerprint density at radius 2 is 1.96 bits per heavy atom. The van der Waals surface area contributed by atoms with Gasteiger partial charge in [0.1, 0.15) is 18.1 Å². The summed E-state index contributed by atoms with van der Waals surface area (Å²) in [7, 11) is 0. The molecule has 0 fully saturated rings. The predicted molar refractivity (Wildman–Crippen MR) is 83.8 cm³/mol. The molecule has 1 aliphatic rings. The van der Waals surface area contributed by atoms with Gasteiger partial charge in [-0.15, -0.1) is 0 Å². The molecule has 0 heterocycles. The lowest BCUT2D eigenvalue weighted by Crippen LogP contribution is -2.29. The molecule has 0 unspecified atom stereocenters. The van der Waals surface area contributed by atoms with Crippen molar-refractivity contribution in [2.24, 2.45) is 0 Å². The van der Waals surface area contributed by atoms with E-state index in [0.717, 1.165) is 31.4 Å². The molecule has 0 saturated carbocycles. The number of carbonyl (C=O) groups excluding carboxylic acids is 2. The first-order chi connectivity index (χ1) is 11.0. The van der Waals surface area contributed by atoms with Gasteiger partial charge in [-0.3, -0.25) is 9.59 Å². The molecule has 0 aromatic heterocycles. The first-order valence-electron chi connectivity index (χ1n) is 7.74. The van der Waals surface area contributed by atoms with Gasteiger partial charge in [-0.2, -0.15) is 0 Å². The fraction of sp³-hybridized carbons (Fsp3) is 0.412. The number of benzene rings is 1. The zero-order valence-electron chi connectivity index (χ0n) is 12.8. The quantitative estimate of drug-likeness (QED) is 0.623. The lowest BCUT2D eigenvalue weighted by atomic mass is 9.97. The SMILES string of the molecule is O=C(CC(=O)Nc1ccc(F)cc1F)NCCC1=CCCCC1. The summed E-state index contributed by atoms with van der Waals surface area (Å²) < 4.78 is 26.2. The number of amides is 2. The smallest absolute Gasteiger partial charge is 0.233 e. The minimum Gasteiger partial charge on any atom is -0.355 e. The van der Waals surface area contributed by atoms with Crippen LogP contribution in [0.5, 0.6) is 0 Å².